The Hall–Kier alpha value is -0.613. The Labute approximate surface area is 256 Å². The number of alkyl halides is 1. The highest BCUT2D eigenvalue weighted by atomic mass is 28.4. The molecule has 1 aliphatic rings. The van der Waals surface area contributed by atoms with Crippen LogP contribution in [-0.4, -0.2) is 13.3 Å². The highest BCUT2D eigenvalue weighted by molar-refractivity contribution is 6.69. The summed E-state index contributed by atoms with van der Waals surface area (Å²) in [5.41, 5.74) is 0.207. The van der Waals surface area contributed by atoms with E-state index in [0.717, 1.165) is 38.5 Å². The van der Waals surface area contributed by atoms with Crippen LogP contribution in [-0.2, 0) is 10.3 Å². The van der Waals surface area contributed by atoms with E-state index in [1.807, 2.05) is 18.3 Å². The Kier molecular flexibility index (Phi) is 18.9. The van der Waals surface area contributed by atoms with E-state index in [4.69, 9.17) is 4.43 Å². The fourth-order valence-electron chi connectivity index (χ4n) is 7.26. The number of nitrogens with one attached hydrogen (secondary N) is 1. The van der Waals surface area contributed by atoms with Crippen molar-refractivity contribution in [1.29, 1.82) is 0 Å². The number of halogens is 1. The van der Waals surface area contributed by atoms with Crippen LogP contribution in [0.25, 0.3) is 0 Å². The summed E-state index contributed by atoms with van der Waals surface area (Å²) in [4.78, 5) is 3.31. The maximum atomic E-state index is 18.0. The summed E-state index contributed by atoms with van der Waals surface area (Å²) in [7, 11) is -2.16. The molecule has 0 spiro atoms. The second kappa shape index (κ2) is 21.1. The fourth-order valence-corrected chi connectivity index (χ4v) is 8.43. The zero-order valence-corrected chi connectivity index (χ0v) is 29.1. The van der Waals surface area contributed by atoms with E-state index in [9.17, 15) is 0 Å². The van der Waals surface area contributed by atoms with E-state index in [-0.39, 0.29) is 0 Å². The average Bonchev–Trinajstić information content (AvgIpc) is 3.48. The molecule has 1 unspecified atom stereocenters. The molecule has 0 saturated heterocycles. The fraction of sp³-hybridized carbons (Fsp3) is 0.892. The van der Waals surface area contributed by atoms with E-state index in [1.54, 1.807) is 0 Å². The SMILES string of the molecule is CCCCCCCCC1(C(F)(O[Si](C)(C)C)c2ccc[nH]2)CCCCCCCCCCCCCCCCCCCC1. The molecular weight excluding hydrogens is 521 g/mol. The highest BCUT2D eigenvalue weighted by Crippen LogP contribution is 2.55. The lowest BCUT2D eigenvalue weighted by Crippen LogP contribution is -2.50. The number of hydrogen-bond donors (Lipinski definition) is 1. The van der Waals surface area contributed by atoms with Gasteiger partial charge in [0.1, 0.15) is 0 Å². The minimum absolute atomic E-state index is 0.457. The van der Waals surface area contributed by atoms with Crippen LogP contribution >= 0.6 is 0 Å². The van der Waals surface area contributed by atoms with E-state index in [0.29, 0.717) is 5.69 Å². The molecule has 2 nitrogen and oxygen atoms in total. The Morgan fingerprint density at radius 3 is 1.49 bits per heavy atom. The third-order valence-corrected chi connectivity index (χ3v) is 10.5. The third kappa shape index (κ3) is 14.6. The molecule has 1 aromatic rings. The third-order valence-electron chi connectivity index (χ3n) is 9.64. The second-order valence-corrected chi connectivity index (χ2v) is 19.0. The van der Waals surface area contributed by atoms with Gasteiger partial charge in [-0.15, -0.1) is 0 Å². The Balaban J connectivity index is 2.24. The number of H-pyrrole nitrogens is 1. The van der Waals surface area contributed by atoms with E-state index < -0.39 is 19.6 Å². The van der Waals surface area contributed by atoms with Crippen molar-refractivity contribution in [3.05, 3.63) is 24.0 Å². The van der Waals surface area contributed by atoms with Gasteiger partial charge in [-0.05, 0) is 51.0 Å². The minimum atomic E-state index is -2.16. The van der Waals surface area contributed by atoms with E-state index in [1.165, 1.54) is 135 Å². The van der Waals surface area contributed by atoms with Crippen LogP contribution < -0.4 is 0 Å². The second-order valence-electron chi connectivity index (χ2n) is 14.6. The first-order valence-corrected chi connectivity index (χ1v) is 21.8. The summed E-state index contributed by atoms with van der Waals surface area (Å²) >= 11 is 0. The first-order valence-electron chi connectivity index (χ1n) is 18.4. The average molecular weight is 592 g/mol. The predicted molar refractivity (Wildman–Crippen MR) is 181 cm³/mol. The van der Waals surface area contributed by atoms with Gasteiger partial charge in [0.25, 0.3) is 0 Å². The lowest BCUT2D eigenvalue weighted by Gasteiger charge is -2.48. The summed E-state index contributed by atoms with van der Waals surface area (Å²) in [5, 5.41) is 0. The molecule has 0 bridgehead atoms. The van der Waals surface area contributed by atoms with Crippen molar-refractivity contribution in [1.82, 2.24) is 4.98 Å². The van der Waals surface area contributed by atoms with Gasteiger partial charge < -0.3 is 9.41 Å². The van der Waals surface area contributed by atoms with Gasteiger partial charge in [0.05, 0.1) is 5.69 Å². The van der Waals surface area contributed by atoms with E-state index >= 15 is 4.39 Å². The molecule has 41 heavy (non-hydrogen) atoms. The number of aromatic nitrogens is 1. The zero-order valence-electron chi connectivity index (χ0n) is 28.1. The van der Waals surface area contributed by atoms with Crippen LogP contribution in [0.1, 0.15) is 186 Å². The zero-order chi connectivity index (χ0) is 29.7. The maximum absolute atomic E-state index is 18.0. The summed E-state index contributed by atoms with van der Waals surface area (Å²) in [6.07, 6.45) is 36.3. The number of aromatic amines is 1. The highest BCUT2D eigenvalue weighted by Gasteiger charge is 2.55. The molecule has 2 rings (SSSR count). The van der Waals surface area contributed by atoms with Crippen LogP contribution in [0.2, 0.25) is 19.6 Å². The van der Waals surface area contributed by atoms with Crippen molar-refractivity contribution in [2.75, 3.05) is 0 Å². The van der Waals surface area contributed by atoms with Gasteiger partial charge in [0.2, 0.25) is 5.85 Å². The van der Waals surface area contributed by atoms with Gasteiger partial charge >= 0.3 is 0 Å². The molecule has 0 aliphatic heterocycles. The quantitative estimate of drug-likeness (QED) is 0.201. The lowest BCUT2D eigenvalue weighted by molar-refractivity contribution is -0.196. The van der Waals surface area contributed by atoms with Crippen molar-refractivity contribution in [3.8, 4) is 0 Å². The lowest BCUT2D eigenvalue weighted by atomic mass is 9.67. The monoisotopic (exact) mass is 592 g/mol. The maximum Gasteiger partial charge on any atom is 0.246 e. The molecule has 1 aliphatic carbocycles. The van der Waals surface area contributed by atoms with Crippen molar-refractivity contribution in [2.45, 2.75) is 206 Å². The smallest absolute Gasteiger partial charge is 0.246 e. The molecule has 1 fully saturated rings. The summed E-state index contributed by atoms with van der Waals surface area (Å²) in [5.74, 6) is -1.74. The predicted octanol–water partition coefficient (Wildman–Crippen LogP) is 13.5. The van der Waals surface area contributed by atoms with Gasteiger partial charge in [-0.25, -0.2) is 4.39 Å². The molecule has 1 aromatic heterocycles. The normalized spacial score (nSPS) is 21.5. The molecule has 1 saturated carbocycles. The van der Waals surface area contributed by atoms with Gasteiger partial charge in [-0.1, -0.05) is 161 Å². The molecule has 1 N–H and O–H groups in total. The molecule has 1 atom stereocenters. The van der Waals surface area contributed by atoms with Crippen LogP contribution in [0.15, 0.2) is 18.3 Å². The van der Waals surface area contributed by atoms with Gasteiger partial charge in [0.15, 0.2) is 8.32 Å². The molecule has 4 heteroatoms. The number of hydrogen-bond acceptors (Lipinski definition) is 1. The number of rotatable bonds is 11. The first kappa shape index (κ1) is 36.6. The molecule has 0 radical (unpaired) electrons. The van der Waals surface area contributed by atoms with Gasteiger partial charge in [-0.2, -0.15) is 0 Å². The molecule has 1 heterocycles. The topological polar surface area (TPSA) is 25.0 Å². The van der Waals surface area contributed by atoms with Gasteiger partial charge in [0, 0.05) is 11.6 Å². The van der Waals surface area contributed by atoms with Crippen molar-refractivity contribution in [2.24, 2.45) is 5.41 Å². The minimum Gasteiger partial charge on any atom is -0.382 e. The van der Waals surface area contributed by atoms with Crippen molar-refractivity contribution >= 4 is 8.32 Å². The number of unbranched alkanes of at least 4 members (excludes halogenated alkanes) is 5. The summed E-state index contributed by atoms with van der Waals surface area (Å²) in [6.45, 7) is 8.77. The molecular formula is C37H70FNOSi. The largest absolute Gasteiger partial charge is 0.382 e. The summed E-state index contributed by atoms with van der Waals surface area (Å²) < 4.78 is 24.7. The molecule has 240 valence electrons. The Morgan fingerprint density at radius 2 is 1.10 bits per heavy atom. The summed E-state index contributed by atoms with van der Waals surface area (Å²) in [6, 6.07) is 3.92. The van der Waals surface area contributed by atoms with Crippen molar-refractivity contribution in [3.63, 3.8) is 0 Å². The van der Waals surface area contributed by atoms with E-state index in [2.05, 4.69) is 31.5 Å². The first-order chi connectivity index (χ1) is 19.8. The van der Waals surface area contributed by atoms with Crippen LogP contribution in [0.3, 0.4) is 0 Å². The Bertz CT molecular complexity index is 708. The van der Waals surface area contributed by atoms with Crippen LogP contribution in [0, 0.1) is 5.41 Å². The molecule has 0 amide bonds. The Morgan fingerprint density at radius 1 is 0.683 bits per heavy atom. The molecule has 0 aromatic carbocycles. The van der Waals surface area contributed by atoms with Crippen molar-refractivity contribution < 1.29 is 8.82 Å². The van der Waals surface area contributed by atoms with Crippen LogP contribution in [0.5, 0.6) is 0 Å². The van der Waals surface area contributed by atoms with Crippen LogP contribution in [0.4, 0.5) is 4.39 Å². The van der Waals surface area contributed by atoms with Gasteiger partial charge in [-0.3, -0.25) is 0 Å². The standard InChI is InChI=1S/C37H70FNOSi/c1-5-6-7-8-23-26-31-36(37(38,40-41(2,3)4)35-30-29-34-39-35)32-27-24-21-19-17-15-13-11-9-10-12-14-16-18-20-22-25-28-33-36/h29-30,34,39H,5-28,31-33H2,1-4H3.